The molecule has 21 heavy (non-hydrogen) atoms. The van der Waals surface area contributed by atoms with Gasteiger partial charge in [-0.25, -0.2) is 9.59 Å². The molecular weight excluding hydrogens is 272 g/mol. The second-order valence-electron chi connectivity index (χ2n) is 5.02. The third-order valence-corrected chi connectivity index (χ3v) is 3.42. The Kier molecular flexibility index (Phi) is 5.57. The monoisotopic (exact) mass is 292 g/mol. The second kappa shape index (κ2) is 7.64. The van der Waals surface area contributed by atoms with Gasteiger partial charge in [-0.1, -0.05) is 30.3 Å². The number of carbonyl (C=O) groups is 2. The Balaban J connectivity index is 1.85. The molecule has 1 heterocycles. The highest BCUT2D eigenvalue weighted by molar-refractivity contribution is 5.83. The molecule has 2 rings (SSSR count). The zero-order valence-electron chi connectivity index (χ0n) is 11.7. The number of hydrogen-bond donors (Lipinski definition) is 3. The lowest BCUT2D eigenvalue weighted by molar-refractivity contribution is -0.139. The van der Waals surface area contributed by atoms with Gasteiger partial charge in [-0.15, -0.1) is 0 Å². The molecular formula is C15H20N2O4. The topological polar surface area (TPSA) is 87.7 Å². The fourth-order valence-electron chi connectivity index (χ4n) is 2.29. The summed E-state index contributed by atoms with van der Waals surface area (Å²) < 4.78 is 5.51. The minimum atomic E-state index is -1.09. The molecule has 0 saturated carbocycles. The number of benzene rings is 1. The number of carboxylic acids is 1. The van der Waals surface area contributed by atoms with Gasteiger partial charge in [-0.2, -0.15) is 0 Å². The third-order valence-electron chi connectivity index (χ3n) is 3.42. The van der Waals surface area contributed by atoms with Crippen molar-refractivity contribution >= 4 is 12.0 Å². The first-order chi connectivity index (χ1) is 10.2. The Morgan fingerprint density at radius 2 is 2.05 bits per heavy atom. The smallest absolute Gasteiger partial charge is 0.330 e. The molecule has 3 N–H and O–H groups in total. The summed E-state index contributed by atoms with van der Waals surface area (Å²) in [5.41, 5.74) is 0.536. The molecule has 0 aromatic heterocycles. The van der Waals surface area contributed by atoms with Crippen LogP contribution in [-0.2, 0) is 9.53 Å². The van der Waals surface area contributed by atoms with Crippen molar-refractivity contribution in [3.63, 3.8) is 0 Å². The average Bonchev–Trinajstić information content (AvgIpc) is 2.52. The zero-order chi connectivity index (χ0) is 15.1. The first-order valence-electron chi connectivity index (χ1n) is 7.10. The minimum absolute atomic E-state index is 0.0181. The van der Waals surface area contributed by atoms with Crippen LogP contribution in [0.4, 0.5) is 4.79 Å². The van der Waals surface area contributed by atoms with Crippen molar-refractivity contribution in [3.8, 4) is 0 Å². The fraction of sp³-hybridized carbons (Fsp3) is 0.467. The Labute approximate surface area is 123 Å². The van der Waals surface area contributed by atoms with E-state index in [9.17, 15) is 14.7 Å². The predicted molar refractivity (Wildman–Crippen MR) is 76.9 cm³/mol. The highest BCUT2D eigenvalue weighted by atomic mass is 16.5. The van der Waals surface area contributed by atoms with Crippen molar-refractivity contribution in [2.45, 2.75) is 31.4 Å². The van der Waals surface area contributed by atoms with E-state index >= 15 is 0 Å². The van der Waals surface area contributed by atoms with Gasteiger partial charge in [-0.05, 0) is 24.8 Å². The van der Waals surface area contributed by atoms with Crippen molar-refractivity contribution in [3.05, 3.63) is 35.9 Å². The average molecular weight is 292 g/mol. The van der Waals surface area contributed by atoms with Crippen LogP contribution in [0.25, 0.3) is 0 Å². The van der Waals surface area contributed by atoms with E-state index in [0.717, 1.165) is 25.9 Å². The molecule has 2 atom stereocenters. The van der Waals surface area contributed by atoms with Crippen LogP contribution in [-0.4, -0.2) is 36.4 Å². The standard InChI is InChI=1S/C15H20N2O4/c18-14(19)13(11-6-2-1-3-7-11)17-15(20)16-10-12-8-4-5-9-21-12/h1-3,6-7,12-13H,4-5,8-10H2,(H,18,19)(H2,16,17,20)/t12?,13-/m1/s1. The maximum absolute atomic E-state index is 11.8. The van der Waals surface area contributed by atoms with Gasteiger partial charge in [0.15, 0.2) is 6.04 Å². The summed E-state index contributed by atoms with van der Waals surface area (Å²) in [6, 6.07) is 7.05. The Bertz CT molecular complexity index is 472. The van der Waals surface area contributed by atoms with Gasteiger partial charge >= 0.3 is 12.0 Å². The van der Waals surface area contributed by atoms with Crippen LogP contribution in [0, 0.1) is 0 Å². The van der Waals surface area contributed by atoms with Gasteiger partial charge < -0.3 is 20.5 Å². The molecule has 1 aromatic rings. The number of carboxylic acid groups (broad SMARTS) is 1. The van der Waals surface area contributed by atoms with Gasteiger partial charge in [0.05, 0.1) is 6.10 Å². The van der Waals surface area contributed by atoms with Crippen LogP contribution in [0.3, 0.4) is 0 Å². The molecule has 0 aliphatic carbocycles. The van der Waals surface area contributed by atoms with Gasteiger partial charge in [0.1, 0.15) is 0 Å². The molecule has 0 radical (unpaired) electrons. The van der Waals surface area contributed by atoms with Gasteiger partial charge in [-0.3, -0.25) is 0 Å². The molecule has 1 saturated heterocycles. The summed E-state index contributed by atoms with van der Waals surface area (Å²) in [5, 5.41) is 14.4. The highest BCUT2D eigenvalue weighted by Crippen LogP contribution is 2.13. The largest absolute Gasteiger partial charge is 0.479 e. The Morgan fingerprint density at radius 1 is 1.29 bits per heavy atom. The van der Waals surface area contributed by atoms with Gasteiger partial charge in [0.25, 0.3) is 0 Å². The summed E-state index contributed by atoms with van der Waals surface area (Å²) in [5.74, 6) is -1.09. The summed E-state index contributed by atoms with van der Waals surface area (Å²) >= 11 is 0. The zero-order valence-corrected chi connectivity index (χ0v) is 11.7. The number of carbonyl (C=O) groups excluding carboxylic acids is 1. The number of aliphatic carboxylic acids is 1. The van der Waals surface area contributed by atoms with E-state index < -0.39 is 18.0 Å². The van der Waals surface area contributed by atoms with Crippen LogP contribution in [0.5, 0.6) is 0 Å². The number of nitrogens with one attached hydrogen (secondary N) is 2. The van der Waals surface area contributed by atoms with E-state index in [2.05, 4.69) is 10.6 Å². The molecule has 114 valence electrons. The number of amides is 2. The minimum Gasteiger partial charge on any atom is -0.479 e. The van der Waals surface area contributed by atoms with Crippen molar-refractivity contribution in [2.24, 2.45) is 0 Å². The lowest BCUT2D eigenvalue weighted by atomic mass is 10.1. The molecule has 6 nitrogen and oxygen atoms in total. The lowest BCUT2D eigenvalue weighted by Gasteiger charge is -2.23. The quantitative estimate of drug-likeness (QED) is 0.770. The summed E-state index contributed by atoms with van der Waals surface area (Å²) in [6.07, 6.45) is 3.08. The van der Waals surface area contributed by atoms with Crippen molar-refractivity contribution in [1.29, 1.82) is 0 Å². The predicted octanol–water partition coefficient (Wildman–Crippen LogP) is 1.68. The highest BCUT2D eigenvalue weighted by Gasteiger charge is 2.22. The van der Waals surface area contributed by atoms with Crippen LogP contribution >= 0.6 is 0 Å². The van der Waals surface area contributed by atoms with Crippen LogP contribution < -0.4 is 10.6 Å². The van der Waals surface area contributed by atoms with Crippen molar-refractivity contribution < 1.29 is 19.4 Å². The Morgan fingerprint density at radius 3 is 2.67 bits per heavy atom. The second-order valence-corrected chi connectivity index (χ2v) is 5.02. The van der Waals surface area contributed by atoms with Gasteiger partial charge in [0, 0.05) is 13.2 Å². The normalized spacial score (nSPS) is 19.5. The third kappa shape index (κ3) is 4.75. The van der Waals surface area contributed by atoms with E-state index in [-0.39, 0.29) is 6.10 Å². The van der Waals surface area contributed by atoms with Crippen LogP contribution in [0.1, 0.15) is 30.9 Å². The Hall–Kier alpha value is -2.08. The summed E-state index contributed by atoms with van der Waals surface area (Å²) in [6.45, 7) is 1.11. The molecule has 6 heteroatoms. The van der Waals surface area contributed by atoms with Crippen molar-refractivity contribution in [2.75, 3.05) is 13.2 Å². The fourth-order valence-corrected chi connectivity index (χ4v) is 2.29. The molecule has 1 fully saturated rings. The molecule has 2 amide bonds. The molecule has 0 bridgehead atoms. The molecule has 0 spiro atoms. The first-order valence-corrected chi connectivity index (χ1v) is 7.10. The first kappa shape index (κ1) is 15.3. The van der Waals surface area contributed by atoms with E-state index in [1.54, 1.807) is 30.3 Å². The number of rotatable bonds is 5. The van der Waals surface area contributed by atoms with Crippen LogP contribution in [0.2, 0.25) is 0 Å². The maximum Gasteiger partial charge on any atom is 0.330 e. The van der Waals surface area contributed by atoms with Crippen molar-refractivity contribution in [1.82, 2.24) is 10.6 Å². The SMILES string of the molecule is O=C(NCC1CCCCO1)N[C@@H](C(=O)O)c1ccccc1. The molecule has 1 aliphatic rings. The summed E-state index contributed by atoms with van der Waals surface area (Å²) in [4.78, 5) is 23.1. The van der Waals surface area contributed by atoms with E-state index in [4.69, 9.17) is 4.74 Å². The molecule has 1 aromatic carbocycles. The maximum atomic E-state index is 11.8. The number of ether oxygens (including phenoxy) is 1. The molecule has 1 aliphatic heterocycles. The van der Waals surface area contributed by atoms with Gasteiger partial charge in [0.2, 0.25) is 0 Å². The van der Waals surface area contributed by atoms with E-state index in [0.29, 0.717) is 12.1 Å². The van der Waals surface area contributed by atoms with E-state index in [1.807, 2.05) is 0 Å². The number of hydrogen-bond acceptors (Lipinski definition) is 3. The van der Waals surface area contributed by atoms with E-state index in [1.165, 1.54) is 0 Å². The summed E-state index contributed by atoms with van der Waals surface area (Å²) in [7, 11) is 0. The number of urea groups is 1. The van der Waals surface area contributed by atoms with Crippen LogP contribution in [0.15, 0.2) is 30.3 Å². The molecule has 1 unspecified atom stereocenters. The lowest BCUT2D eigenvalue weighted by Crippen LogP contribution is -2.44.